The second-order valence-electron chi connectivity index (χ2n) is 5.99. The highest BCUT2D eigenvalue weighted by Crippen LogP contribution is 2.28. The van der Waals surface area contributed by atoms with Gasteiger partial charge < -0.3 is 9.73 Å². The van der Waals surface area contributed by atoms with Gasteiger partial charge in [-0.15, -0.1) is 16.6 Å². The Hall–Kier alpha value is -3.78. The predicted molar refractivity (Wildman–Crippen MR) is 113 cm³/mol. The van der Waals surface area contributed by atoms with Gasteiger partial charge in [-0.05, 0) is 26.0 Å². The largest absolute Gasteiger partial charge is 0.411 e. The highest BCUT2D eigenvalue weighted by Gasteiger charge is 2.13. The molecule has 11 heteroatoms. The Morgan fingerprint density at radius 1 is 1.37 bits per heavy atom. The Morgan fingerprint density at radius 3 is 2.83 bits per heavy atom. The minimum absolute atomic E-state index is 0.00617. The zero-order valence-corrected chi connectivity index (χ0v) is 17.0. The van der Waals surface area contributed by atoms with Gasteiger partial charge in [0, 0.05) is 35.2 Å². The molecular weight excluding hydrogens is 406 g/mol. The number of non-ortho nitro benzene ring substituents is 1. The summed E-state index contributed by atoms with van der Waals surface area (Å²) in [6.07, 6.45) is 6.96. The van der Waals surface area contributed by atoms with Crippen LogP contribution in [0.3, 0.4) is 0 Å². The molecule has 0 spiro atoms. The monoisotopic (exact) mass is 423 g/mol. The van der Waals surface area contributed by atoms with E-state index in [-0.39, 0.29) is 18.1 Å². The van der Waals surface area contributed by atoms with Crippen molar-refractivity contribution in [2.75, 3.05) is 11.9 Å². The van der Waals surface area contributed by atoms with Crippen molar-refractivity contribution >= 4 is 29.1 Å². The van der Waals surface area contributed by atoms with E-state index in [1.807, 2.05) is 0 Å². The standard InChI is InChI=1S/C19H17N7O3S/c1-4-9-20-12(2)22-17-15(10-21-13(3)23-17)11-30-19-25-24-18(29-19)14-5-7-16(8-6-14)26(27)28/h1,5-8,10H,9,11H2,2-3H3,(H,20,21,22,23). The topological polar surface area (TPSA) is 132 Å². The number of terminal acetylenes is 1. The van der Waals surface area contributed by atoms with Crippen molar-refractivity contribution in [3.05, 3.63) is 52.0 Å². The SMILES string of the molecule is C#CCN=C(C)Nc1nc(C)ncc1CSc1nnc(-c2ccc([N+](=O)[O-])cc2)o1. The molecule has 0 amide bonds. The first-order valence-corrected chi connectivity index (χ1v) is 9.70. The average Bonchev–Trinajstić information content (AvgIpc) is 3.21. The Morgan fingerprint density at radius 2 is 2.13 bits per heavy atom. The number of anilines is 1. The van der Waals surface area contributed by atoms with Gasteiger partial charge in [-0.25, -0.2) is 9.97 Å². The summed E-state index contributed by atoms with van der Waals surface area (Å²) in [7, 11) is 0. The maximum atomic E-state index is 10.8. The number of nitro benzene ring substituents is 1. The number of thioether (sulfide) groups is 1. The zero-order valence-electron chi connectivity index (χ0n) is 16.2. The van der Waals surface area contributed by atoms with Gasteiger partial charge in [0.25, 0.3) is 10.9 Å². The summed E-state index contributed by atoms with van der Waals surface area (Å²) in [5.41, 5.74) is 1.42. The first kappa shape index (κ1) is 20.9. The average molecular weight is 423 g/mol. The van der Waals surface area contributed by atoms with Crippen molar-refractivity contribution in [3.63, 3.8) is 0 Å². The molecule has 3 aromatic rings. The molecule has 2 aromatic heterocycles. The molecule has 10 nitrogen and oxygen atoms in total. The second-order valence-corrected chi connectivity index (χ2v) is 6.91. The number of aliphatic imine (C=N–C) groups is 1. The van der Waals surface area contributed by atoms with Crippen molar-refractivity contribution in [2.24, 2.45) is 4.99 Å². The minimum atomic E-state index is -0.465. The fourth-order valence-electron chi connectivity index (χ4n) is 2.33. The Bertz CT molecular complexity index is 1120. The van der Waals surface area contributed by atoms with Crippen LogP contribution < -0.4 is 5.32 Å². The summed E-state index contributed by atoms with van der Waals surface area (Å²) >= 11 is 1.32. The normalized spacial score (nSPS) is 11.2. The number of hydrogen-bond acceptors (Lipinski definition) is 9. The third-order valence-electron chi connectivity index (χ3n) is 3.77. The van der Waals surface area contributed by atoms with Crippen LogP contribution in [0.25, 0.3) is 11.5 Å². The smallest absolute Gasteiger partial charge is 0.277 e. The molecule has 30 heavy (non-hydrogen) atoms. The van der Waals surface area contributed by atoms with Gasteiger partial charge in [-0.2, -0.15) is 0 Å². The molecule has 0 aliphatic carbocycles. The summed E-state index contributed by atoms with van der Waals surface area (Å²) in [4.78, 5) is 23.2. The fraction of sp³-hybridized carbons (Fsp3) is 0.211. The summed E-state index contributed by atoms with van der Waals surface area (Å²) in [5, 5.41) is 22.3. The van der Waals surface area contributed by atoms with Crippen molar-refractivity contribution in [1.29, 1.82) is 0 Å². The summed E-state index contributed by atoms with van der Waals surface area (Å²) in [5.74, 6) is 5.11. The molecule has 1 N–H and O–H groups in total. The van der Waals surface area contributed by atoms with Crippen LogP contribution in [0.5, 0.6) is 0 Å². The predicted octanol–water partition coefficient (Wildman–Crippen LogP) is 3.50. The van der Waals surface area contributed by atoms with E-state index in [0.717, 1.165) is 5.56 Å². The lowest BCUT2D eigenvalue weighted by atomic mass is 10.2. The molecule has 152 valence electrons. The van der Waals surface area contributed by atoms with E-state index in [1.54, 1.807) is 32.2 Å². The van der Waals surface area contributed by atoms with Crippen LogP contribution in [0.4, 0.5) is 11.5 Å². The number of aromatic nitrogens is 4. The van der Waals surface area contributed by atoms with Crippen LogP contribution in [0, 0.1) is 29.4 Å². The van der Waals surface area contributed by atoms with Gasteiger partial charge >= 0.3 is 0 Å². The van der Waals surface area contributed by atoms with Gasteiger partial charge in [-0.3, -0.25) is 15.1 Å². The van der Waals surface area contributed by atoms with Crippen LogP contribution in [0.1, 0.15) is 18.3 Å². The molecule has 2 heterocycles. The van der Waals surface area contributed by atoms with Crippen molar-refractivity contribution < 1.29 is 9.34 Å². The van der Waals surface area contributed by atoms with Gasteiger partial charge in [-0.1, -0.05) is 17.7 Å². The number of nitrogens with zero attached hydrogens (tertiary/aromatic N) is 6. The third kappa shape index (κ3) is 5.39. The first-order chi connectivity index (χ1) is 14.5. The third-order valence-corrected chi connectivity index (χ3v) is 4.64. The number of aryl methyl sites for hydroxylation is 1. The second kappa shape index (κ2) is 9.62. The molecule has 0 fully saturated rings. The Balaban J connectivity index is 1.70. The Labute approximate surface area is 176 Å². The van der Waals surface area contributed by atoms with Crippen LogP contribution in [0.2, 0.25) is 0 Å². The van der Waals surface area contributed by atoms with E-state index >= 15 is 0 Å². The number of hydrogen-bond donors (Lipinski definition) is 1. The summed E-state index contributed by atoms with van der Waals surface area (Å²) in [6, 6.07) is 5.90. The molecule has 0 bridgehead atoms. The first-order valence-electron chi connectivity index (χ1n) is 8.71. The minimum Gasteiger partial charge on any atom is -0.411 e. The van der Waals surface area contributed by atoms with Crippen LogP contribution >= 0.6 is 11.8 Å². The lowest BCUT2D eigenvalue weighted by Crippen LogP contribution is -2.12. The van der Waals surface area contributed by atoms with Crippen molar-refractivity contribution in [1.82, 2.24) is 20.2 Å². The number of benzene rings is 1. The quantitative estimate of drug-likeness (QED) is 0.151. The van der Waals surface area contributed by atoms with E-state index in [0.29, 0.717) is 34.0 Å². The number of nitro groups is 1. The van der Waals surface area contributed by atoms with Crippen LogP contribution in [0.15, 0.2) is 45.1 Å². The summed E-state index contributed by atoms with van der Waals surface area (Å²) < 4.78 is 5.65. The number of nitrogens with one attached hydrogen (secondary N) is 1. The molecule has 0 saturated heterocycles. The van der Waals surface area contributed by atoms with Crippen LogP contribution in [-0.4, -0.2) is 37.5 Å². The van der Waals surface area contributed by atoms with Gasteiger partial charge in [0.15, 0.2) is 0 Å². The van der Waals surface area contributed by atoms with E-state index in [2.05, 4.69) is 36.4 Å². The highest BCUT2D eigenvalue weighted by molar-refractivity contribution is 7.98. The van der Waals surface area contributed by atoms with E-state index in [1.165, 1.54) is 23.9 Å². The van der Waals surface area contributed by atoms with E-state index < -0.39 is 4.92 Å². The van der Waals surface area contributed by atoms with Gasteiger partial charge in [0.1, 0.15) is 18.2 Å². The maximum absolute atomic E-state index is 10.8. The molecule has 1 aromatic carbocycles. The lowest BCUT2D eigenvalue weighted by Gasteiger charge is -2.10. The Kier molecular flexibility index (Phi) is 6.71. The molecule has 3 rings (SSSR count). The van der Waals surface area contributed by atoms with Crippen LogP contribution in [-0.2, 0) is 5.75 Å². The molecular formula is C19H17N7O3S. The molecule has 0 saturated carbocycles. The molecule has 0 radical (unpaired) electrons. The van der Waals surface area contributed by atoms with E-state index in [9.17, 15) is 10.1 Å². The zero-order chi connectivity index (χ0) is 21.5. The molecule has 0 aliphatic heterocycles. The lowest BCUT2D eigenvalue weighted by molar-refractivity contribution is -0.384. The molecule has 0 unspecified atom stereocenters. The maximum Gasteiger partial charge on any atom is 0.277 e. The van der Waals surface area contributed by atoms with E-state index in [4.69, 9.17) is 10.8 Å². The van der Waals surface area contributed by atoms with Crippen molar-refractivity contribution in [3.8, 4) is 23.8 Å². The summed E-state index contributed by atoms with van der Waals surface area (Å²) in [6.45, 7) is 3.88. The van der Waals surface area contributed by atoms with Gasteiger partial charge in [0.05, 0.1) is 10.8 Å². The number of amidine groups is 1. The number of rotatable bonds is 7. The van der Waals surface area contributed by atoms with Gasteiger partial charge in [0.2, 0.25) is 5.89 Å². The highest BCUT2D eigenvalue weighted by atomic mass is 32.2. The van der Waals surface area contributed by atoms with Crippen molar-refractivity contribution in [2.45, 2.75) is 24.8 Å². The molecule has 0 aliphatic rings. The fourth-order valence-corrected chi connectivity index (χ4v) is 3.06. The molecule has 0 atom stereocenters.